The molecule has 0 saturated carbocycles. The van der Waals surface area contributed by atoms with Gasteiger partial charge in [-0.25, -0.2) is 14.2 Å². The van der Waals surface area contributed by atoms with E-state index in [-0.39, 0.29) is 31.5 Å². The monoisotopic (exact) mass is 635 g/mol. The Bertz CT molecular complexity index is 1160. The van der Waals surface area contributed by atoms with Gasteiger partial charge in [0.1, 0.15) is 24.4 Å². The molecular formula is C27H43ClN3O10P. The van der Waals surface area contributed by atoms with Crippen LogP contribution in [0.4, 0.5) is 9.59 Å². The maximum absolute atomic E-state index is 13.6. The van der Waals surface area contributed by atoms with E-state index in [1.165, 1.54) is 20.8 Å². The number of phosphoric ester groups is 1. The zero-order valence-corrected chi connectivity index (χ0v) is 26.7. The molecule has 1 heterocycles. The molecule has 1 aromatic rings. The number of hydrogen-bond acceptors (Lipinski definition) is 8. The number of carbonyl (C=O) groups excluding carboxylic acids is 3. The lowest BCUT2D eigenvalue weighted by Gasteiger charge is -2.51. The summed E-state index contributed by atoms with van der Waals surface area (Å²) in [5.74, 6) is -0.530. The van der Waals surface area contributed by atoms with Gasteiger partial charge in [-0.15, -0.1) is 0 Å². The number of urea groups is 1. The summed E-state index contributed by atoms with van der Waals surface area (Å²) in [5.41, 5.74) is -2.38. The van der Waals surface area contributed by atoms with E-state index in [0.717, 1.165) is 5.56 Å². The summed E-state index contributed by atoms with van der Waals surface area (Å²) in [5, 5.41) is 17.5. The number of hydrogen-bond donors (Lipinski definition) is 5. The zero-order chi connectivity index (χ0) is 32.1. The Morgan fingerprint density at radius 1 is 1.14 bits per heavy atom. The Morgan fingerprint density at radius 2 is 1.74 bits per heavy atom. The second-order valence-electron chi connectivity index (χ2n) is 12.1. The quantitative estimate of drug-likeness (QED) is 0.178. The molecule has 0 radical (unpaired) electrons. The van der Waals surface area contributed by atoms with Crippen LogP contribution < -0.4 is 10.6 Å². The number of amides is 3. The highest BCUT2D eigenvalue weighted by Gasteiger charge is 2.50. The molecule has 13 nitrogen and oxygen atoms in total. The summed E-state index contributed by atoms with van der Waals surface area (Å²) in [6, 6.07) is 5.52. The highest BCUT2D eigenvalue weighted by molar-refractivity contribution is 7.46. The minimum absolute atomic E-state index is 0.133. The van der Waals surface area contributed by atoms with Crippen LogP contribution in [0.25, 0.3) is 0 Å². The van der Waals surface area contributed by atoms with Crippen LogP contribution in [0.1, 0.15) is 60.5 Å². The van der Waals surface area contributed by atoms with Gasteiger partial charge in [-0.2, -0.15) is 0 Å². The number of phosphoric acid groups is 1. The number of nitrogens with one attached hydrogen (secondary N) is 2. The minimum atomic E-state index is -4.74. The number of nitrogens with zero attached hydrogens (tertiary/aromatic N) is 1. The first kappa shape index (κ1) is 35.8. The molecule has 2 rings (SSSR count). The summed E-state index contributed by atoms with van der Waals surface area (Å²) in [7, 11) is -4.74. The third kappa shape index (κ3) is 10.1. The van der Waals surface area contributed by atoms with Crippen molar-refractivity contribution in [2.24, 2.45) is 11.3 Å². The summed E-state index contributed by atoms with van der Waals surface area (Å²) < 4.78 is 25.2. The number of aliphatic hydroxyl groups is 1. The number of ether oxygens (including phenoxy) is 2. The van der Waals surface area contributed by atoms with Gasteiger partial charge < -0.3 is 39.9 Å². The van der Waals surface area contributed by atoms with Crippen LogP contribution in [0.5, 0.6) is 0 Å². The second kappa shape index (κ2) is 13.9. The van der Waals surface area contributed by atoms with E-state index in [1.54, 1.807) is 29.2 Å². The van der Waals surface area contributed by atoms with Crippen molar-refractivity contribution in [2.45, 2.75) is 78.2 Å². The van der Waals surface area contributed by atoms with Gasteiger partial charge in [-0.1, -0.05) is 51.4 Å². The molecule has 1 saturated heterocycles. The van der Waals surface area contributed by atoms with Gasteiger partial charge >= 0.3 is 20.0 Å². The van der Waals surface area contributed by atoms with Crippen LogP contribution in [0.3, 0.4) is 0 Å². The van der Waals surface area contributed by atoms with Gasteiger partial charge in [-0.3, -0.25) is 9.32 Å². The fourth-order valence-corrected chi connectivity index (χ4v) is 5.36. The second-order valence-corrected chi connectivity index (χ2v) is 13.8. The fraction of sp³-hybridized carbons (Fsp3) is 0.667. The van der Waals surface area contributed by atoms with Crippen LogP contribution in [0.2, 0.25) is 5.02 Å². The highest BCUT2D eigenvalue weighted by atomic mass is 35.5. The van der Waals surface area contributed by atoms with E-state index in [0.29, 0.717) is 11.4 Å². The lowest BCUT2D eigenvalue weighted by molar-refractivity contribution is -0.155. The van der Waals surface area contributed by atoms with Gasteiger partial charge in [0.2, 0.25) is 5.91 Å². The van der Waals surface area contributed by atoms with Crippen LogP contribution in [0.15, 0.2) is 24.3 Å². The normalized spacial score (nSPS) is 20.4. The number of likely N-dealkylation sites (tertiary alicyclic amines) is 1. The van der Waals surface area contributed by atoms with Crippen LogP contribution in [-0.2, 0) is 29.0 Å². The molecule has 42 heavy (non-hydrogen) atoms. The van der Waals surface area contributed by atoms with Crippen molar-refractivity contribution >= 4 is 37.5 Å². The average Bonchev–Trinajstić information content (AvgIpc) is 2.85. The summed E-state index contributed by atoms with van der Waals surface area (Å²) in [6.07, 6.45) is -1.89. The first-order valence-corrected chi connectivity index (χ1v) is 15.5. The van der Waals surface area contributed by atoms with Gasteiger partial charge in [-0.05, 0) is 50.8 Å². The highest BCUT2D eigenvalue weighted by Crippen LogP contribution is 2.46. The molecule has 0 aromatic heterocycles. The van der Waals surface area contributed by atoms with Crippen molar-refractivity contribution in [1.29, 1.82) is 0 Å². The molecule has 1 aliphatic heterocycles. The molecule has 1 fully saturated rings. The molecule has 15 heteroatoms. The predicted octanol–water partition coefficient (Wildman–Crippen LogP) is 3.54. The van der Waals surface area contributed by atoms with E-state index in [9.17, 15) is 24.1 Å². The van der Waals surface area contributed by atoms with Crippen molar-refractivity contribution in [3.63, 3.8) is 0 Å². The van der Waals surface area contributed by atoms with Gasteiger partial charge in [0.25, 0.3) is 0 Å². The largest absolute Gasteiger partial charge is 0.508 e. The number of rotatable bonds is 11. The van der Waals surface area contributed by atoms with Crippen molar-refractivity contribution in [1.82, 2.24) is 15.5 Å². The SMILES string of the molecule is CC(COC(=O)OC(C)(C)CNC(=O)N[C@@H](C(=O)N1CC[C@](O)(c2ccc(Cl)cc2)C(C)(C)C1)C(C)C)OP(=O)(O)O. The van der Waals surface area contributed by atoms with Gasteiger partial charge in [0.05, 0.1) is 12.1 Å². The van der Waals surface area contributed by atoms with E-state index < -0.39 is 55.4 Å². The van der Waals surface area contributed by atoms with E-state index >= 15 is 0 Å². The standard InChI is InChI=1S/C27H43ClN3O10P/c1-17(2)21(22(32)31-13-12-27(35,25(4,5)16-31)19-8-10-20(28)11-9-19)30-23(33)29-15-26(6,7)40-24(34)39-14-18(3)41-42(36,37)38/h8-11,17-18,21,35H,12-16H2,1-7H3,(H2,29,30,33)(H2,36,37,38)/t18?,21-,27+/m1/s1. The molecule has 238 valence electrons. The first-order chi connectivity index (χ1) is 19.2. The Labute approximate surface area is 251 Å². The van der Waals surface area contributed by atoms with E-state index in [2.05, 4.69) is 15.2 Å². The van der Waals surface area contributed by atoms with E-state index in [1.807, 2.05) is 27.7 Å². The van der Waals surface area contributed by atoms with Crippen LogP contribution >= 0.6 is 19.4 Å². The first-order valence-electron chi connectivity index (χ1n) is 13.6. The Hall–Kier alpha value is -2.41. The number of benzene rings is 1. The van der Waals surface area contributed by atoms with Crippen molar-refractivity contribution in [3.05, 3.63) is 34.9 Å². The molecule has 5 N–H and O–H groups in total. The molecule has 3 amide bonds. The third-order valence-electron chi connectivity index (χ3n) is 7.09. The molecule has 1 aliphatic rings. The molecule has 1 unspecified atom stereocenters. The molecule has 0 spiro atoms. The zero-order valence-electron chi connectivity index (χ0n) is 25.0. The number of halogens is 1. The molecular weight excluding hydrogens is 593 g/mol. The Morgan fingerprint density at radius 3 is 2.26 bits per heavy atom. The van der Waals surface area contributed by atoms with Crippen LogP contribution in [0, 0.1) is 11.3 Å². The summed E-state index contributed by atoms with van der Waals surface area (Å²) in [6.45, 7) is 11.7. The van der Waals surface area contributed by atoms with Crippen molar-refractivity contribution < 1.29 is 47.8 Å². The summed E-state index contributed by atoms with van der Waals surface area (Å²) >= 11 is 6.02. The number of piperidine rings is 1. The molecule has 0 bridgehead atoms. The third-order valence-corrected chi connectivity index (χ3v) is 7.98. The maximum Gasteiger partial charge on any atom is 0.508 e. The molecule has 1 aromatic carbocycles. The smallest absolute Gasteiger partial charge is 0.432 e. The Balaban J connectivity index is 1.94. The number of carbonyl (C=O) groups is 3. The minimum Gasteiger partial charge on any atom is -0.432 e. The molecule has 0 aliphatic carbocycles. The lowest BCUT2D eigenvalue weighted by atomic mass is 9.66. The summed E-state index contributed by atoms with van der Waals surface area (Å²) in [4.78, 5) is 57.6. The van der Waals surface area contributed by atoms with Gasteiger partial charge in [0.15, 0.2) is 0 Å². The van der Waals surface area contributed by atoms with Crippen LogP contribution in [-0.4, -0.2) is 81.9 Å². The Kier molecular flexibility index (Phi) is 11.9. The van der Waals surface area contributed by atoms with Gasteiger partial charge in [0, 0.05) is 23.5 Å². The molecule has 3 atom stereocenters. The fourth-order valence-electron chi connectivity index (χ4n) is 4.71. The predicted molar refractivity (Wildman–Crippen MR) is 155 cm³/mol. The van der Waals surface area contributed by atoms with Crippen molar-refractivity contribution in [3.8, 4) is 0 Å². The lowest BCUT2D eigenvalue weighted by Crippen LogP contribution is -2.61. The van der Waals surface area contributed by atoms with E-state index in [4.69, 9.17) is 30.9 Å². The topological polar surface area (TPSA) is 184 Å². The average molecular weight is 636 g/mol. The van der Waals surface area contributed by atoms with Crippen molar-refractivity contribution in [2.75, 3.05) is 26.2 Å². The maximum atomic E-state index is 13.6.